The highest BCUT2D eigenvalue weighted by Crippen LogP contribution is 2.19. The van der Waals surface area contributed by atoms with Crippen LogP contribution < -0.4 is 10.6 Å². The molecule has 2 aromatic rings. The average Bonchev–Trinajstić information content (AvgIpc) is 3.67. The van der Waals surface area contributed by atoms with Gasteiger partial charge in [0.25, 0.3) is 11.8 Å². The highest BCUT2D eigenvalue weighted by atomic mass is 16.5. The molecule has 2 heterocycles. The summed E-state index contributed by atoms with van der Waals surface area (Å²) in [4.78, 5) is 26.7. The maximum absolute atomic E-state index is 13.4. The van der Waals surface area contributed by atoms with Gasteiger partial charge in [0.15, 0.2) is 12.2 Å². The van der Waals surface area contributed by atoms with Crippen LogP contribution in [0.5, 0.6) is 0 Å². The van der Waals surface area contributed by atoms with Crippen LogP contribution in [0.3, 0.4) is 0 Å². The summed E-state index contributed by atoms with van der Waals surface area (Å²) in [5.74, 6) is -1.41. The van der Waals surface area contributed by atoms with Crippen molar-refractivity contribution in [3.05, 3.63) is 71.8 Å². The third-order valence-electron chi connectivity index (χ3n) is 7.29. The summed E-state index contributed by atoms with van der Waals surface area (Å²) >= 11 is 0. The summed E-state index contributed by atoms with van der Waals surface area (Å²) in [6, 6.07) is 17.2. The first-order valence-electron chi connectivity index (χ1n) is 14.1. The minimum atomic E-state index is -1.86. The fourth-order valence-electron chi connectivity index (χ4n) is 4.97. The van der Waals surface area contributed by atoms with Crippen LogP contribution >= 0.6 is 0 Å². The summed E-state index contributed by atoms with van der Waals surface area (Å²) in [6.45, 7) is -0.140. The van der Waals surface area contributed by atoms with E-state index in [0.29, 0.717) is 12.8 Å². The second-order valence-electron chi connectivity index (χ2n) is 10.6. The van der Waals surface area contributed by atoms with E-state index in [1.807, 2.05) is 12.1 Å². The Morgan fingerprint density at radius 1 is 0.714 bits per heavy atom. The van der Waals surface area contributed by atoms with E-state index in [0.717, 1.165) is 11.1 Å². The Morgan fingerprint density at radius 2 is 1.10 bits per heavy atom. The van der Waals surface area contributed by atoms with Crippen LogP contribution in [0.25, 0.3) is 0 Å². The highest BCUT2D eigenvalue weighted by molar-refractivity contribution is 5.84. The number of aliphatic hydroxyl groups excluding tert-OH is 4. The van der Waals surface area contributed by atoms with E-state index in [4.69, 9.17) is 18.9 Å². The molecule has 0 aliphatic carbocycles. The molecule has 12 heteroatoms. The molecule has 4 rings (SSSR count). The van der Waals surface area contributed by atoms with Crippen LogP contribution in [0.15, 0.2) is 60.7 Å². The van der Waals surface area contributed by atoms with Crippen molar-refractivity contribution in [2.75, 3.05) is 26.4 Å². The lowest BCUT2D eigenvalue weighted by Gasteiger charge is -2.31. The molecule has 0 aromatic heterocycles. The number of nitrogens with one attached hydrogen (secondary N) is 2. The molecule has 2 amide bonds. The van der Waals surface area contributed by atoms with Gasteiger partial charge in [-0.2, -0.15) is 0 Å². The van der Waals surface area contributed by atoms with Gasteiger partial charge in [-0.1, -0.05) is 60.7 Å². The minimum Gasteiger partial charge on any atom is -0.394 e. The van der Waals surface area contributed by atoms with E-state index in [2.05, 4.69) is 10.6 Å². The summed E-state index contributed by atoms with van der Waals surface area (Å²) in [5, 5.41) is 46.9. The number of carbonyl (C=O) groups is 2. The molecule has 8 atom stereocenters. The Balaban J connectivity index is 1.50. The zero-order valence-corrected chi connectivity index (χ0v) is 23.3. The molecule has 2 fully saturated rings. The maximum atomic E-state index is 13.4. The molecule has 0 bridgehead atoms. The van der Waals surface area contributed by atoms with Gasteiger partial charge in [-0.15, -0.1) is 0 Å². The molecule has 0 unspecified atom stereocenters. The quantitative estimate of drug-likeness (QED) is 0.158. The summed E-state index contributed by atoms with van der Waals surface area (Å²) in [7, 11) is 0. The van der Waals surface area contributed by atoms with E-state index in [1.54, 1.807) is 48.5 Å². The molecule has 0 spiro atoms. The van der Waals surface area contributed by atoms with Gasteiger partial charge in [0.1, 0.15) is 12.2 Å². The van der Waals surface area contributed by atoms with E-state index in [-0.39, 0.29) is 39.6 Å². The number of benzene rings is 2. The second-order valence-corrected chi connectivity index (χ2v) is 10.6. The Morgan fingerprint density at radius 3 is 1.43 bits per heavy atom. The number of amides is 2. The van der Waals surface area contributed by atoms with Crippen LogP contribution in [-0.2, 0) is 41.8 Å². The van der Waals surface area contributed by atoms with Gasteiger partial charge in [-0.3, -0.25) is 9.59 Å². The van der Waals surface area contributed by atoms with Crippen molar-refractivity contribution in [1.82, 2.24) is 10.6 Å². The second kappa shape index (κ2) is 16.1. The van der Waals surface area contributed by atoms with Crippen molar-refractivity contribution in [2.45, 2.75) is 74.8 Å². The molecule has 12 nitrogen and oxygen atoms in total. The normalized spacial score (nSPS) is 25.0. The lowest BCUT2D eigenvalue weighted by Crippen LogP contribution is -2.57. The molecule has 230 valence electrons. The standard InChI is InChI=1S/C30H40N2O10/c33-13-23-11-21(17-39-23)31-29(37)27(41-15-19-7-3-1-4-8-19)25(35)26(36)28(42-16-20-9-5-2-6-10-20)30(38)32-22-12-24(14-34)40-18-22/h1-10,21-28,33-36H,11-18H2,(H,31,37)(H,32,38)/t21-,22-,23-,24-,25+,26+,27+,28+/m0/s1. The molecule has 2 saturated heterocycles. The number of hydrogen-bond donors (Lipinski definition) is 6. The summed E-state index contributed by atoms with van der Waals surface area (Å²) in [6.07, 6.45) is -6.96. The Hall–Kier alpha value is -2.94. The van der Waals surface area contributed by atoms with Crippen LogP contribution in [-0.4, -0.2) is 107 Å². The van der Waals surface area contributed by atoms with Crippen LogP contribution in [0, 0.1) is 0 Å². The zero-order valence-electron chi connectivity index (χ0n) is 23.3. The number of carbonyl (C=O) groups excluding carboxylic acids is 2. The number of ether oxygens (including phenoxy) is 4. The zero-order chi connectivity index (χ0) is 29.9. The van der Waals surface area contributed by atoms with Crippen molar-refractivity contribution in [2.24, 2.45) is 0 Å². The highest BCUT2D eigenvalue weighted by Gasteiger charge is 2.42. The molecule has 2 aliphatic rings. The van der Waals surface area contributed by atoms with Crippen LogP contribution in [0.1, 0.15) is 24.0 Å². The first-order chi connectivity index (χ1) is 20.4. The molecule has 0 saturated carbocycles. The Labute approximate surface area is 244 Å². The Kier molecular flexibility index (Phi) is 12.2. The summed E-state index contributed by atoms with van der Waals surface area (Å²) in [5.41, 5.74) is 1.46. The molecule has 2 aromatic carbocycles. The first-order valence-corrected chi connectivity index (χ1v) is 14.1. The lowest BCUT2D eigenvalue weighted by atomic mass is 10.00. The minimum absolute atomic E-state index is 0.0488. The third-order valence-corrected chi connectivity index (χ3v) is 7.29. The predicted octanol–water partition coefficient (Wildman–Crippen LogP) is -0.589. The molecule has 6 N–H and O–H groups in total. The van der Waals surface area contributed by atoms with Gasteiger partial charge in [0, 0.05) is 0 Å². The SMILES string of the molecule is O=C(N[C@@H]1CO[C@H](CO)C1)[C@H](OCc1ccccc1)[C@H](O)[C@@H](O)[C@@H](OCc1ccccc1)C(=O)N[C@@H]1CO[C@H](CO)C1. The van der Waals surface area contributed by atoms with Crippen molar-refractivity contribution in [1.29, 1.82) is 0 Å². The van der Waals surface area contributed by atoms with Crippen molar-refractivity contribution >= 4 is 11.8 Å². The third kappa shape index (κ3) is 9.03. The van der Waals surface area contributed by atoms with Crippen LogP contribution in [0.2, 0.25) is 0 Å². The van der Waals surface area contributed by atoms with Gasteiger partial charge in [0.2, 0.25) is 0 Å². The van der Waals surface area contributed by atoms with Gasteiger partial charge >= 0.3 is 0 Å². The largest absolute Gasteiger partial charge is 0.394 e. The van der Waals surface area contributed by atoms with E-state index in [9.17, 15) is 30.0 Å². The fraction of sp³-hybridized carbons (Fsp3) is 0.533. The number of rotatable bonds is 15. The van der Waals surface area contributed by atoms with Crippen molar-refractivity contribution in [3.8, 4) is 0 Å². The van der Waals surface area contributed by atoms with Crippen LogP contribution in [0.4, 0.5) is 0 Å². The Bertz CT molecular complexity index is 1020. The van der Waals surface area contributed by atoms with Crippen molar-refractivity contribution in [3.63, 3.8) is 0 Å². The number of hydrogen-bond acceptors (Lipinski definition) is 10. The van der Waals surface area contributed by atoms with Gasteiger partial charge in [-0.25, -0.2) is 0 Å². The van der Waals surface area contributed by atoms with E-state index < -0.39 is 60.5 Å². The molecule has 2 aliphatic heterocycles. The smallest absolute Gasteiger partial charge is 0.252 e. The average molecular weight is 589 g/mol. The molecular weight excluding hydrogens is 548 g/mol. The molecular formula is C30H40N2O10. The van der Waals surface area contributed by atoms with Gasteiger partial charge < -0.3 is 50.0 Å². The van der Waals surface area contributed by atoms with Gasteiger partial charge in [0.05, 0.1) is 63.9 Å². The topological polar surface area (TPSA) is 176 Å². The van der Waals surface area contributed by atoms with Crippen molar-refractivity contribution < 1.29 is 49.0 Å². The monoisotopic (exact) mass is 588 g/mol. The lowest BCUT2D eigenvalue weighted by molar-refractivity contribution is -0.171. The first kappa shape index (κ1) is 32.0. The fourth-order valence-corrected chi connectivity index (χ4v) is 4.97. The van der Waals surface area contributed by atoms with E-state index in [1.165, 1.54) is 0 Å². The predicted molar refractivity (Wildman–Crippen MR) is 149 cm³/mol. The summed E-state index contributed by atoms with van der Waals surface area (Å²) < 4.78 is 22.6. The maximum Gasteiger partial charge on any atom is 0.252 e. The molecule has 42 heavy (non-hydrogen) atoms. The molecule has 0 radical (unpaired) electrons. The van der Waals surface area contributed by atoms with Gasteiger partial charge in [-0.05, 0) is 24.0 Å². The number of aliphatic hydroxyl groups is 4. The van der Waals surface area contributed by atoms with E-state index >= 15 is 0 Å².